The number of sulfonamides is 1. The van der Waals surface area contributed by atoms with Crippen molar-refractivity contribution in [3.8, 4) is 0 Å². The lowest BCUT2D eigenvalue weighted by Gasteiger charge is -2.34. The fourth-order valence-corrected chi connectivity index (χ4v) is 5.91. The molecule has 0 aliphatic carbocycles. The summed E-state index contributed by atoms with van der Waals surface area (Å²) < 4.78 is 40.4. The van der Waals surface area contributed by atoms with Crippen LogP contribution in [0, 0.1) is 5.82 Å². The van der Waals surface area contributed by atoms with E-state index in [1.54, 1.807) is 6.07 Å². The number of nitrogens with one attached hydrogen (secondary N) is 1. The summed E-state index contributed by atoms with van der Waals surface area (Å²) in [5.74, 6) is -2.45. The number of halogens is 1. The second-order valence-corrected chi connectivity index (χ2v) is 12.2. The molecule has 10 heteroatoms. The first kappa shape index (κ1) is 28.0. The summed E-state index contributed by atoms with van der Waals surface area (Å²) in [6, 6.07) is 19.3. The number of amides is 3. The summed E-state index contributed by atoms with van der Waals surface area (Å²) in [7, 11) is -4.25. The number of hydrogen-bond donors (Lipinski definition) is 1. The molecule has 1 aliphatic rings. The van der Waals surface area contributed by atoms with Crippen LogP contribution in [0.25, 0.3) is 0 Å². The molecule has 0 radical (unpaired) electrons. The Kier molecular flexibility index (Phi) is 7.87. The first-order chi connectivity index (χ1) is 18.4. The average Bonchev–Trinajstić information content (AvgIpc) is 3.07. The van der Waals surface area contributed by atoms with E-state index >= 15 is 0 Å². The lowest BCUT2D eigenvalue weighted by atomic mass is 10.0. The Hall–Kier alpha value is -4.05. The number of rotatable bonds is 8. The molecule has 4 rings (SSSR count). The molecule has 0 fully saturated rings. The number of fused-ring (bicyclic) bond motifs is 1. The second-order valence-electron chi connectivity index (χ2n) is 10.4. The molecule has 3 aromatic carbocycles. The molecule has 1 N–H and O–H groups in total. The third kappa shape index (κ3) is 6.34. The van der Waals surface area contributed by atoms with E-state index in [-0.39, 0.29) is 23.4 Å². The van der Waals surface area contributed by atoms with Crippen LogP contribution in [0.3, 0.4) is 0 Å². The molecule has 0 saturated carbocycles. The van der Waals surface area contributed by atoms with Gasteiger partial charge in [-0.1, -0.05) is 54.6 Å². The van der Waals surface area contributed by atoms with Gasteiger partial charge in [0.05, 0.1) is 5.56 Å². The minimum Gasteiger partial charge on any atom is -0.350 e. The van der Waals surface area contributed by atoms with Crippen molar-refractivity contribution in [2.45, 2.75) is 50.2 Å². The predicted octanol–water partition coefficient (Wildman–Crippen LogP) is 3.53. The monoisotopic (exact) mass is 551 g/mol. The van der Waals surface area contributed by atoms with Gasteiger partial charge in [0.2, 0.25) is 11.8 Å². The maximum atomic E-state index is 13.9. The standard InChI is InChI=1S/C29H30FN3O5S/c1-29(2,3)31-27(35)24(17-20-9-5-4-6-10-20)32(18-21-13-15-22(30)16-14-21)26(34)19-33-28(36)23-11-7-8-12-25(23)39(33,37)38/h4-16,24H,17-19H2,1-3H3,(H,31,35). The van der Waals surface area contributed by atoms with Gasteiger partial charge >= 0.3 is 0 Å². The molecule has 0 saturated heterocycles. The predicted molar refractivity (Wildman–Crippen MR) is 143 cm³/mol. The van der Waals surface area contributed by atoms with Crippen molar-refractivity contribution in [3.63, 3.8) is 0 Å². The number of nitrogens with zero attached hydrogens (tertiary/aromatic N) is 2. The molecule has 0 bridgehead atoms. The van der Waals surface area contributed by atoms with Gasteiger partial charge in [-0.05, 0) is 56.2 Å². The summed E-state index contributed by atoms with van der Waals surface area (Å²) in [4.78, 5) is 41.6. The number of carbonyl (C=O) groups excluding carboxylic acids is 3. The highest BCUT2D eigenvalue weighted by atomic mass is 32.2. The quantitative estimate of drug-likeness (QED) is 0.462. The van der Waals surface area contributed by atoms with Gasteiger partial charge in [0.25, 0.3) is 15.9 Å². The molecule has 8 nitrogen and oxygen atoms in total. The van der Waals surface area contributed by atoms with Crippen molar-refractivity contribution in [1.29, 1.82) is 0 Å². The summed E-state index contributed by atoms with van der Waals surface area (Å²) in [5.41, 5.74) is 0.680. The van der Waals surface area contributed by atoms with Crippen LogP contribution in [0.5, 0.6) is 0 Å². The maximum Gasteiger partial charge on any atom is 0.269 e. The van der Waals surface area contributed by atoms with E-state index in [1.165, 1.54) is 47.4 Å². The van der Waals surface area contributed by atoms with Gasteiger partial charge in [-0.3, -0.25) is 14.4 Å². The molecule has 3 aromatic rings. The fourth-order valence-electron chi connectivity index (χ4n) is 4.39. The molecule has 0 aromatic heterocycles. The first-order valence-corrected chi connectivity index (χ1v) is 13.9. The summed E-state index contributed by atoms with van der Waals surface area (Å²) in [6.07, 6.45) is 0.136. The zero-order chi connectivity index (χ0) is 28.4. The van der Waals surface area contributed by atoms with Gasteiger partial charge in [-0.25, -0.2) is 17.1 Å². The van der Waals surface area contributed by atoms with Gasteiger partial charge in [0, 0.05) is 18.5 Å². The van der Waals surface area contributed by atoms with Crippen LogP contribution >= 0.6 is 0 Å². The third-order valence-corrected chi connectivity index (χ3v) is 8.01. The van der Waals surface area contributed by atoms with E-state index in [9.17, 15) is 27.2 Å². The molecular weight excluding hydrogens is 521 g/mol. The van der Waals surface area contributed by atoms with Gasteiger partial charge in [-0.2, -0.15) is 0 Å². The van der Waals surface area contributed by atoms with Crippen LogP contribution in [0.1, 0.15) is 42.3 Å². The van der Waals surface area contributed by atoms with E-state index in [0.29, 0.717) is 9.87 Å². The van der Waals surface area contributed by atoms with Crippen LogP contribution in [0.2, 0.25) is 0 Å². The van der Waals surface area contributed by atoms with E-state index in [2.05, 4.69) is 5.32 Å². The van der Waals surface area contributed by atoms with E-state index in [0.717, 1.165) is 5.56 Å². The van der Waals surface area contributed by atoms with Crippen LogP contribution in [-0.4, -0.2) is 53.5 Å². The van der Waals surface area contributed by atoms with Crippen molar-refractivity contribution in [2.75, 3.05) is 6.54 Å². The normalized spacial score (nSPS) is 15.0. The lowest BCUT2D eigenvalue weighted by molar-refractivity contribution is -0.141. The fraction of sp³-hybridized carbons (Fsp3) is 0.276. The Labute approximate surface area is 227 Å². The molecule has 1 unspecified atom stereocenters. The molecule has 1 heterocycles. The van der Waals surface area contributed by atoms with E-state index in [1.807, 2.05) is 51.1 Å². The Morgan fingerprint density at radius 2 is 1.54 bits per heavy atom. The van der Waals surface area contributed by atoms with Gasteiger partial charge < -0.3 is 10.2 Å². The highest BCUT2D eigenvalue weighted by Gasteiger charge is 2.43. The molecular formula is C29H30FN3O5S. The van der Waals surface area contributed by atoms with Crippen LogP contribution in [-0.2, 0) is 32.6 Å². The first-order valence-electron chi connectivity index (χ1n) is 12.4. The van der Waals surface area contributed by atoms with Crippen LogP contribution in [0.15, 0.2) is 83.8 Å². The van der Waals surface area contributed by atoms with Crippen LogP contribution < -0.4 is 5.32 Å². The maximum absolute atomic E-state index is 13.9. The average molecular weight is 552 g/mol. The Morgan fingerprint density at radius 3 is 2.15 bits per heavy atom. The molecule has 39 heavy (non-hydrogen) atoms. The Balaban J connectivity index is 1.72. The Morgan fingerprint density at radius 1 is 0.923 bits per heavy atom. The SMILES string of the molecule is CC(C)(C)NC(=O)C(Cc1ccccc1)N(Cc1ccc(F)cc1)C(=O)CN1C(=O)c2ccccc2S1(=O)=O. The number of carbonyl (C=O) groups is 3. The van der Waals surface area contributed by atoms with Crippen LogP contribution in [0.4, 0.5) is 4.39 Å². The smallest absolute Gasteiger partial charge is 0.269 e. The highest BCUT2D eigenvalue weighted by molar-refractivity contribution is 7.90. The number of hydrogen-bond acceptors (Lipinski definition) is 5. The topological polar surface area (TPSA) is 104 Å². The Bertz CT molecular complexity index is 1490. The number of benzene rings is 3. The molecule has 204 valence electrons. The minimum absolute atomic E-state index is 0.0123. The summed E-state index contributed by atoms with van der Waals surface area (Å²) in [5, 5.41) is 2.91. The lowest BCUT2D eigenvalue weighted by Crippen LogP contribution is -2.56. The molecule has 3 amide bonds. The van der Waals surface area contributed by atoms with Crippen molar-refractivity contribution < 1.29 is 27.2 Å². The zero-order valence-electron chi connectivity index (χ0n) is 21.9. The second kappa shape index (κ2) is 11.0. The van der Waals surface area contributed by atoms with Crippen molar-refractivity contribution in [3.05, 3.63) is 101 Å². The largest absolute Gasteiger partial charge is 0.350 e. The summed E-state index contributed by atoms with van der Waals surface area (Å²) >= 11 is 0. The minimum atomic E-state index is -4.25. The zero-order valence-corrected chi connectivity index (χ0v) is 22.7. The highest BCUT2D eigenvalue weighted by Crippen LogP contribution is 2.30. The third-order valence-electron chi connectivity index (χ3n) is 6.23. The van der Waals surface area contributed by atoms with Gasteiger partial charge in [0.15, 0.2) is 0 Å². The summed E-state index contributed by atoms with van der Waals surface area (Å²) in [6.45, 7) is 4.53. The molecule has 0 spiro atoms. The van der Waals surface area contributed by atoms with E-state index in [4.69, 9.17) is 0 Å². The van der Waals surface area contributed by atoms with Crippen molar-refractivity contribution >= 4 is 27.7 Å². The molecule has 1 atom stereocenters. The molecule has 1 aliphatic heterocycles. The van der Waals surface area contributed by atoms with E-state index < -0.39 is 51.7 Å². The van der Waals surface area contributed by atoms with Gasteiger partial charge in [0.1, 0.15) is 23.3 Å². The van der Waals surface area contributed by atoms with Crippen molar-refractivity contribution in [1.82, 2.24) is 14.5 Å². The van der Waals surface area contributed by atoms with Crippen molar-refractivity contribution in [2.24, 2.45) is 0 Å². The van der Waals surface area contributed by atoms with Gasteiger partial charge in [-0.15, -0.1) is 0 Å².